The first-order valence-electron chi connectivity index (χ1n) is 8.52. The zero-order valence-corrected chi connectivity index (χ0v) is 14.4. The molecule has 3 heterocycles. The van der Waals surface area contributed by atoms with Gasteiger partial charge in [-0.3, -0.25) is 9.89 Å². The minimum absolute atomic E-state index is 0.117. The maximum atomic E-state index is 12.7. The van der Waals surface area contributed by atoms with E-state index < -0.39 is 0 Å². The van der Waals surface area contributed by atoms with Crippen molar-refractivity contribution in [2.45, 2.75) is 33.2 Å². The van der Waals surface area contributed by atoms with Gasteiger partial charge in [0.2, 0.25) is 5.76 Å². The van der Waals surface area contributed by atoms with Gasteiger partial charge in [0.05, 0.1) is 17.9 Å². The highest BCUT2D eigenvalue weighted by atomic mass is 16.3. The molecular formula is C19H20N4O2. The average Bonchev–Trinajstić information content (AvgIpc) is 3.26. The third kappa shape index (κ3) is 2.73. The van der Waals surface area contributed by atoms with E-state index in [1.165, 1.54) is 12.0 Å². The number of oxazole rings is 1. The van der Waals surface area contributed by atoms with Gasteiger partial charge in [-0.05, 0) is 18.9 Å². The van der Waals surface area contributed by atoms with Crippen molar-refractivity contribution in [3.8, 4) is 11.3 Å². The van der Waals surface area contributed by atoms with Gasteiger partial charge < -0.3 is 9.32 Å². The molecule has 0 fully saturated rings. The molecule has 0 bridgehead atoms. The van der Waals surface area contributed by atoms with E-state index in [4.69, 9.17) is 4.42 Å². The predicted octanol–water partition coefficient (Wildman–Crippen LogP) is 3.13. The second-order valence-electron chi connectivity index (χ2n) is 6.32. The second kappa shape index (κ2) is 6.20. The number of carbonyl (C=O) groups excluding carboxylic acids is 1. The summed E-state index contributed by atoms with van der Waals surface area (Å²) in [6, 6.07) is 8.44. The lowest BCUT2D eigenvalue weighted by Gasteiger charge is -2.26. The summed E-state index contributed by atoms with van der Waals surface area (Å²) in [6.45, 7) is 5.09. The van der Waals surface area contributed by atoms with E-state index in [-0.39, 0.29) is 5.91 Å². The third-order valence-corrected chi connectivity index (χ3v) is 4.80. The van der Waals surface area contributed by atoms with Crippen LogP contribution in [-0.2, 0) is 19.4 Å². The molecule has 2 aromatic heterocycles. The Balaban J connectivity index is 1.63. The van der Waals surface area contributed by atoms with Crippen LogP contribution in [0.15, 0.2) is 35.1 Å². The topological polar surface area (TPSA) is 75.0 Å². The molecule has 4 rings (SSSR count). The molecule has 0 radical (unpaired) electrons. The molecule has 0 saturated heterocycles. The SMILES string of the molecule is CCc1ccc(-c2n[nH]c3c2CN(C(=O)c2ocnc2C)CC3)cc1. The normalized spacial score (nSPS) is 13.8. The maximum absolute atomic E-state index is 12.7. The summed E-state index contributed by atoms with van der Waals surface area (Å²) in [5, 5.41) is 7.63. The van der Waals surface area contributed by atoms with Crippen molar-refractivity contribution in [3.05, 3.63) is 58.9 Å². The lowest BCUT2D eigenvalue weighted by molar-refractivity contribution is 0.0701. The van der Waals surface area contributed by atoms with Crippen molar-refractivity contribution in [1.82, 2.24) is 20.1 Å². The van der Waals surface area contributed by atoms with Crippen LogP contribution >= 0.6 is 0 Å². The molecule has 1 aliphatic rings. The fraction of sp³-hybridized carbons (Fsp3) is 0.316. The first-order chi connectivity index (χ1) is 12.2. The molecule has 1 aromatic carbocycles. The van der Waals surface area contributed by atoms with Gasteiger partial charge in [-0.2, -0.15) is 5.10 Å². The molecular weight excluding hydrogens is 316 g/mol. The van der Waals surface area contributed by atoms with Gasteiger partial charge >= 0.3 is 0 Å². The number of benzene rings is 1. The number of fused-ring (bicyclic) bond motifs is 1. The van der Waals surface area contributed by atoms with Crippen LogP contribution in [0.5, 0.6) is 0 Å². The second-order valence-corrected chi connectivity index (χ2v) is 6.32. The Hall–Kier alpha value is -2.89. The zero-order chi connectivity index (χ0) is 17.4. The van der Waals surface area contributed by atoms with Gasteiger partial charge in [0.15, 0.2) is 6.39 Å². The maximum Gasteiger partial charge on any atom is 0.291 e. The van der Waals surface area contributed by atoms with E-state index in [0.29, 0.717) is 24.5 Å². The Labute approximate surface area is 145 Å². The molecule has 1 aliphatic heterocycles. The number of nitrogens with one attached hydrogen (secondary N) is 1. The van der Waals surface area contributed by atoms with Crippen LogP contribution in [0.3, 0.4) is 0 Å². The zero-order valence-electron chi connectivity index (χ0n) is 14.4. The van der Waals surface area contributed by atoms with E-state index in [0.717, 1.165) is 35.4 Å². The number of H-pyrrole nitrogens is 1. The van der Waals surface area contributed by atoms with Gasteiger partial charge in [-0.1, -0.05) is 31.2 Å². The number of aryl methyl sites for hydroxylation is 2. The molecule has 128 valence electrons. The monoisotopic (exact) mass is 336 g/mol. The van der Waals surface area contributed by atoms with E-state index in [9.17, 15) is 4.79 Å². The van der Waals surface area contributed by atoms with Gasteiger partial charge in [-0.25, -0.2) is 4.98 Å². The molecule has 0 unspecified atom stereocenters. The minimum atomic E-state index is -0.117. The molecule has 1 amide bonds. The van der Waals surface area contributed by atoms with Crippen LogP contribution in [-0.4, -0.2) is 32.5 Å². The summed E-state index contributed by atoms with van der Waals surface area (Å²) >= 11 is 0. The first kappa shape index (κ1) is 15.6. The number of nitrogens with zero attached hydrogens (tertiary/aromatic N) is 3. The number of aromatic amines is 1. The molecule has 3 aromatic rings. The molecule has 0 atom stereocenters. The van der Waals surface area contributed by atoms with Gasteiger partial charge in [0, 0.05) is 29.8 Å². The fourth-order valence-corrected chi connectivity index (χ4v) is 3.26. The summed E-state index contributed by atoms with van der Waals surface area (Å²) < 4.78 is 5.26. The lowest BCUT2D eigenvalue weighted by Crippen LogP contribution is -2.36. The number of aromatic nitrogens is 3. The quantitative estimate of drug-likeness (QED) is 0.797. The van der Waals surface area contributed by atoms with E-state index in [1.807, 2.05) is 0 Å². The van der Waals surface area contributed by atoms with Crippen molar-refractivity contribution in [2.24, 2.45) is 0 Å². The van der Waals surface area contributed by atoms with Crippen LogP contribution < -0.4 is 0 Å². The molecule has 6 nitrogen and oxygen atoms in total. The number of amides is 1. The highest BCUT2D eigenvalue weighted by molar-refractivity contribution is 5.92. The molecule has 0 spiro atoms. The van der Waals surface area contributed by atoms with Crippen LogP contribution in [0.2, 0.25) is 0 Å². The summed E-state index contributed by atoms with van der Waals surface area (Å²) in [6.07, 6.45) is 3.09. The van der Waals surface area contributed by atoms with E-state index in [2.05, 4.69) is 46.4 Å². The fourth-order valence-electron chi connectivity index (χ4n) is 3.26. The molecule has 0 saturated carbocycles. The standard InChI is InChI=1S/C19H20N4O2/c1-3-13-4-6-14(7-5-13)17-15-10-23(9-8-16(15)21-22-17)19(24)18-12(2)20-11-25-18/h4-7,11H,3,8-10H2,1-2H3,(H,21,22). The van der Waals surface area contributed by atoms with Crippen molar-refractivity contribution in [1.29, 1.82) is 0 Å². The number of hydrogen-bond acceptors (Lipinski definition) is 4. The molecule has 0 aliphatic carbocycles. The van der Waals surface area contributed by atoms with Crippen LogP contribution in [0.4, 0.5) is 0 Å². The lowest BCUT2D eigenvalue weighted by atomic mass is 9.99. The van der Waals surface area contributed by atoms with Crippen LogP contribution in [0.1, 0.15) is 40.0 Å². The van der Waals surface area contributed by atoms with Crippen molar-refractivity contribution >= 4 is 5.91 Å². The van der Waals surface area contributed by atoms with Gasteiger partial charge in [-0.15, -0.1) is 0 Å². The number of hydrogen-bond donors (Lipinski definition) is 1. The van der Waals surface area contributed by atoms with Crippen LogP contribution in [0, 0.1) is 6.92 Å². The van der Waals surface area contributed by atoms with Crippen molar-refractivity contribution in [2.75, 3.05) is 6.54 Å². The third-order valence-electron chi connectivity index (χ3n) is 4.80. The Morgan fingerprint density at radius 2 is 2.12 bits per heavy atom. The smallest absolute Gasteiger partial charge is 0.291 e. The van der Waals surface area contributed by atoms with Crippen molar-refractivity contribution < 1.29 is 9.21 Å². The Morgan fingerprint density at radius 3 is 2.80 bits per heavy atom. The van der Waals surface area contributed by atoms with Gasteiger partial charge in [0.25, 0.3) is 5.91 Å². The van der Waals surface area contributed by atoms with E-state index >= 15 is 0 Å². The first-order valence-corrected chi connectivity index (χ1v) is 8.52. The minimum Gasteiger partial charge on any atom is -0.438 e. The Kier molecular flexibility index (Phi) is 3.87. The summed E-state index contributed by atoms with van der Waals surface area (Å²) in [7, 11) is 0. The largest absolute Gasteiger partial charge is 0.438 e. The van der Waals surface area contributed by atoms with Crippen molar-refractivity contribution in [3.63, 3.8) is 0 Å². The number of carbonyl (C=O) groups is 1. The highest BCUT2D eigenvalue weighted by Crippen LogP contribution is 2.29. The number of rotatable bonds is 3. The highest BCUT2D eigenvalue weighted by Gasteiger charge is 2.28. The summed E-state index contributed by atoms with van der Waals surface area (Å²) in [5.41, 5.74) is 6.10. The Morgan fingerprint density at radius 1 is 1.32 bits per heavy atom. The predicted molar refractivity (Wildman–Crippen MR) is 93.1 cm³/mol. The molecule has 25 heavy (non-hydrogen) atoms. The molecule has 6 heteroatoms. The van der Waals surface area contributed by atoms with Gasteiger partial charge in [0.1, 0.15) is 0 Å². The Bertz CT molecular complexity index is 908. The molecule has 1 N–H and O–H groups in total. The van der Waals surface area contributed by atoms with E-state index in [1.54, 1.807) is 11.8 Å². The summed E-state index contributed by atoms with van der Waals surface area (Å²) in [5.74, 6) is 0.204. The van der Waals surface area contributed by atoms with Crippen LogP contribution in [0.25, 0.3) is 11.3 Å². The summed E-state index contributed by atoms with van der Waals surface area (Å²) in [4.78, 5) is 18.5. The average molecular weight is 336 g/mol.